The largest absolute Gasteiger partial charge is 0.493 e. The Balaban J connectivity index is 2.00. The summed E-state index contributed by atoms with van der Waals surface area (Å²) in [6.07, 6.45) is 6.05. The number of hydrogen-bond acceptors (Lipinski definition) is 3. The van der Waals surface area contributed by atoms with Crippen LogP contribution in [-0.2, 0) is 0 Å². The van der Waals surface area contributed by atoms with E-state index >= 15 is 0 Å². The maximum absolute atomic E-state index is 12.4. The van der Waals surface area contributed by atoms with Crippen molar-refractivity contribution in [1.82, 2.24) is 10.2 Å². The number of thiocarbonyl (C=S) groups is 1. The number of benzene rings is 1. The van der Waals surface area contributed by atoms with Crippen LogP contribution in [0.15, 0.2) is 24.3 Å². The zero-order chi connectivity index (χ0) is 15.9. The van der Waals surface area contributed by atoms with Crippen molar-refractivity contribution in [2.45, 2.75) is 45.1 Å². The number of nitrogens with zero attached hydrogens (tertiary/aromatic N) is 1. The second-order valence-corrected chi connectivity index (χ2v) is 5.98. The first-order valence-electron chi connectivity index (χ1n) is 7.93. The van der Waals surface area contributed by atoms with Gasteiger partial charge in [0.1, 0.15) is 5.75 Å². The van der Waals surface area contributed by atoms with E-state index in [9.17, 15) is 4.79 Å². The van der Waals surface area contributed by atoms with E-state index in [2.05, 4.69) is 5.32 Å². The number of hydrogen-bond donors (Lipinski definition) is 1. The van der Waals surface area contributed by atoms with Gasteiger partial charge in [0.15, 0.2) is 5.11 Å². The highest BCUT2D eigenvalue weighted by molar-refractivity contribution is 7.80. The number of carbonyl (C=O) groups is 1. The van der Waals surface area contributed by atoms with E-state index in [1.165, 1.54) is 19.3 Å². The van der Waals surface area contributed by atoms with Gasteiger partial charge in [-0.3, -0.25) is 10.1 Å². The summed E-state index contributed by atoms with van der Waals surface area (Å²) in [6, 6.07) is 7.67. The molecule has 2 rings (SSSR count). The smallest absolute Gasteiger partial charge is 0.261 e. The quantitative estimate of drug-likeness (QED) is 0.864. The molecule has 1 aliphatic rings. The maximum atomic E-state index is 12.4. The van der Waals surface area contributed by atoms with Crippen LogP contribution in [0.25, 0.3) is 0 Å². The molecule has 1 amide bonds. The van der Waals surface area contributed by atoms with Gasteiger partial charge in [0.05, 0.1) is 12.2 Å². The van der Waals surface area contributed by atoms with Gasteiger partial charge in [-0.15, -0.1) is 0 Å². The molecule has 4 nitrogen and oxygen atoms in total. The van der Waals surface area contributed by atoms with Gasteiger partial charge in [0, 0.05) is 13.1 Å². The molecule has 1 aromatic carbocycles. The Morgan fingerprint density at radius 3 is 2.68 bits per heavy atom. The third-order valence-corrected chi connectivity index (χ3v) is 4.48. The predicted octanol–water partition coefficient (Wildman–Crippen LogP) is 3.36. The lowest BCUT2D eigenvalue weighted by Gasteiger charge is -2.32. The summed E-state index contributed by atoms with van der Waals surface area (Å²) in [5, 5.41) is 3.32. The van der Waals surface area contributed by atoms with Crippen LogP contribution < -0.4 is 10.1 Å². The third kappa shape index (κ3) is 4.19. The minimum atomic E-state index is -0.211. The summed E-state index contributed by atoms with van der Waals surface area (Å²) in [6.45, 7) is 2.42. The molecule has 0 saturated heterocycles. The summed E-state index contributed by atoms with van der Waals surface area (Å²) in [5.74, 6) is 0.377. The number of ether oxygens (including phenoxy) is 1. The molecular formula is C17H24N2O2S. The summed E-state index contributed by atoms with van der Waals surface area (Å²) >= 11 is 5.39. The standard InChI is InChI=1S/C17H24N2O2S/c1-3-21-15-12-8-7-11-14(15)16(20)18-17(22)19(2)13-9-5-4-6-10-13/h7-8,11-13H,3-6,9-10H2,1-2H3,(H,18,20,22). The van der Waals surface area contributed by atoms with Gasteiger partial charge in [0.25, 0.3) is 5.91 Å². The first-order chi connectivity index (χ1) is 10.6. The van der Waals surface area contributed by atoms with Crippen molar-refractivity contribution >= 4 is 23.2 Å². The zero-order valence-electron chi connectivity index (χ0n) is 13.3. The highest BCUT2D eigenvalue weighted by Gasteiger charge is 2.22. The van der Waals surface area contributed by atoms with E-state index in [0.717, 1.165) is 12.8 Å². The van der Waals surface area contributed by atoms with E-state index in [1.54, 1.807) is 12.1 Å². The molecule has 1 saturated carbocycles. The second-order valence-electron chi connectivity index (χ2n) is 5.59. The van der Waals surface area contributed by atoms with Gasteiger partial charge in [-0.25, -0.2) is 0 Å². The van der Waals surface area contributed by atoms with Crippen molar-refractivity contribution in [1.29, 1.82) is 0 Å². The topological polar surface area (TPSA) is 41.6 Å². The Kier molecular flexibility index (Phi) is 6.19. The van der Waals surface area contributed by atoms with E-state index in [1.807, 2.05) is 31.0 Å². The average molecular weight is 320 g/mol. The number of rotatable bonds is 4. The molecule has 0 unspecified atom stereocenters. The number of para-hydroxylation sites is 1. The fraction of sp³-hybridized carbons (Fsp3) is 0.529. The highest BCUT2D eigenvalue weighted by atomic mass is 32.1. The van der Waals surface area contributed by atoms with Gasteiger partial charge in [-0.1, -0.05) is 31.4 Å². The van der Waals surface area contributed by atoms with Gasteiger partial charge in [-0.2, -0.15) is 0 Å². The summed E-state index contributed by atoms with van der Waals surface area (Å²) < 4.78 is 5.50. The Hall–Kier alpha value is -1.62. The van der Waals surface area contributed by atoms with Crippen molar-refractivity contribution in [3.05, 3.63) is 29.8 Å². The Labute approximate surface area is 137 Å². The van der Waals surface area contributed by atoms with Crippen molar-refractivity contribution in [2.24, 2.45) is 0 Å². The fourth-order valence-electron chi connectivity index (χ4n) is 2.82. The molecule has 0 aromatic heterocycles. The first kappa shape index (κ1) is 16.7. The molecule has 5 heteroatoms. The lowest BCUT2D eigenvalue weighted by Crippen LogP contribution is -2.46. The normalized spacial score (nSPS) is 15.2. The molecule has 120 valence electrons. The van der Waals surface area contributed by atoms with Crippen LogP contribution in [0, 0.1) is 0 Å². The minimum Gasteiger partial charge on any atom is -0.493 e. The maximum Gasteiger partial charge on any atom is 0.261 e. The lowest BCUT2D eigenvalue weighted by atomic mass is 9.95. The van der Waals surface area contributed by atoms with Gasteiger partial charge in [0.2, 0.25) is 0 Å². The Morgan fingerprint density at radius 1 is 1.32 bits per heavy atom. The van der Waals surface area contributed by atoms with Crippen molar-refractivity contribution < 1.29 is 9.53 Å². The molecule has 1 aromatic rings. The van der Waals surface area contributed by atoms with Gasteiger partial charge < -0.3 is 9.64 Å². The fourth-order valence-corrected chi connectivity index (χ4v) is 3.06. The predicted molar refractivity (Wildman–Crippen MR) is 92.3 cm³/mol. The zero-order valence-corrected chi connectivity index (χ0v) is 14.1. The lowest BCUT2D eigenvalue weighted by molar-refractivity contribution is 0.0968. The van der Waals surface area contributed by atoms with Crippen molar-refractivity contribution in [3.8, 4) is 5.75 Å². The number of nitrogens with one attached hydrogen (secondary N) is 1. The molecule has 0 heterocycles. The molecule has 1 fully saturated rings. The van der Waals surface area contributed by atoms with Crippen LogP contribution in [0.3, 0.4) is 0 Å². The SMILES string of the molecule is CCOc1ccccc1C(=O)NC(=S)N(C)C1CCCCC1. The van der Waals surface area contributed by atoms with Crippen LogP contribution in [0.1, 0.15) is 49.4 Å². The Morgan fingerprint density at radius 2 is 2.00 bits per heavy atom. The number of amides is 1. The van der Waals surface area contributed by atoms with Crippen LogP contribution in [0.2, 0.25) is 0 Å². The third-order valence-electron chi connectivity index (χ3n) is 4.09. The monoisotopic (exact) mass is 320 g/mol. The molecule has 0 atom stereocenters. The minimum absolute atomic E-state index is 0.211. The molecule has 22 heavy (non-hydrogen) atoms. The summed E-state index contributed by atoms with van der Waals surface area (Å²) in [7, 11) is 1.97. The van der Waals surface area contributed by atoms with E-state index in [4.69, 9.17) is 17.0 Å². The first-order valence-corrected chi connectivity index (χ1v) is 8.34. The molecule has 1 N–H and O–H groups in total. The number of carbonyl (C=O) groups excluding carboxylic acids is 1. The van der Waals surface area contributed by atoms with Crippen LogP contribution >= 0.6 is 12.2 Å². The summed E-state index contributed by atoms with van der Waals surface area (Å²) in [4.78, 5) is 14.5. The van der Waals surface area contributed by atoms with Crippen molar-refractivity contribution in [3.63, 3.8) is 0 Å². The molecule has 0 aliphatic heterocycles. The summed E-state index contributed by atoms with van der Waals surface area (Å²) in [5.41, 5.74) is 0.517. The van der Waals surface area contributed by atoms with Crippen LogP contribution in [0.4, 0.5) is 0 Å². The van der Waals surface area contributed by atoms with E-state index < -0.39 is 0 Å². The van der Waals surface area contributed by atoms with Gasteiger partial charge in [-0.05, 0) is 44.1 Å². The van der Waals surface area contributed by atoms with Crippen molar-refractivity contribution in [2.75, 3.05) is 13.7 Å². The second kappa shape index (κ2) is 8.13. The van der Waals surface area contributed by atoms with E-state index in [-0.39, 0.29) is 5.91 Å². The molecule has 0 bridgehead atoms. The Bertz CT molecular complexity index is 527. The average Bonchev–Trinajstić information content (AvgIpc) is 2.55. The van der Waals surface area contributed by atoms with Gasteiger partial charge >= 0.3 is 0 Å². The van der Waals surface area contributed by atoms with E-state index in [0.29, 0.717) is 29.1 Å². The highest BCUT2D eigenvalue weighted by Crippen LogP contribution is 2.22. The van der Waals surface area contributed by atoms with Crippen LogP contribution in [0.5, 0.6) is 5.75 Å². The molecular weight excluding hydrogens is 296 g/mol. The molecule has 0 radical (unpaired) electrons. The van der Waals surface area contributed by atoms with Crippen LogP contribution in [-0.4, -0.2) is 35.6 Å². The molecule has 1 aliphatic carbocycles. The molecule has 0 spiro atoms.